The van der Waals surface area contributed by atoms with Crippen molar-refractivity contribution in [2.24, 2.45) is 0 Å². The number of hydrogen-bond donors (Lipinski definition) is 2. The molecule has 3 rings (SSSR count). The zero-order chi connectivity index (χ0) is 19.4. The molecule has 1 aromatic heterocycles. The number of hydrogen-bond acceptors (Lipinski definition) is 4. The van der Waals surface area contributed by atoms with E-state index in [-0.39, 0.29) is 23.1 Å². The molecule has 9 heteroatoms. The number of halogens is 3. The van der Waals surface area contributed by atoms with E-state index in [4.69, 9.17) is 12.2 Å². The van der Waals surface area contributed by atoms with Crippen LogP contribution in [0.15, 0.2) is 6.07 Å². The van der Waals surface area contributed by atoms with Crippen molar-refractivity contribution < 1.29 is 13.2 Å². The molecular formula is C18H26F3N5S. The van der Waals surface area contributed by atoms with Crippen LogP contribution in [0.2, 0.25) is 0 Å². The second-order valence-electron chi connectivity index (χ2n) is 7.40. The predicted molar refractivity (Wildman–Crippen MR) is 104 cm³/mol. The van der Waals surface area contributed by atoms with Crippen molar-refractivity contribution in [2.75, 3.05) is 16.8 Å². The lowest BCUT2D eigenvalue weighted by molar-refractivity contribution is -0.141. The third kappa shape index (κ3) is 5.43. The van der Waals surface area contributed by atoms with Crippen molar-refractivity contribution in [3.63, 3.8) is 0 Å². The summed E-state index contributed by atoms with van der Waals surface area (Å²) >= 11 is 5.28. The average molecular weight is 402 g/mol. The van der Waals surface area contributed by atoms with E-state index in [1.54, 1.807) is 0 Å². The Morgan fingerprint density at radius 1 is 1.11 bits per heavy atom. The first-order chi connectivity index (χ1) is 12.8. The van der Waals surface area contributed by atoms with Gasteiger partial charge in [0.05, 0.1) is 0 Å². The molecule has 1 aliphatic carbocycles. The molecule has 1 atom stereocenters. The predicted octanol–water partition coefficient (Wildman–Crippen LogP) is 4.49. The minimum Gasteiger partial charge on any atom is -0.360 e. The molecule has 0 bridgehead atoms. The van der Waals surface area contributed by atoms with Crippen molar-refractivity contribution in [2.45, 2.75) is 76.6 Å². The number of piperidine rings is 1. The van der Waals surface area contributed by atoms with Crippen LogP contribution in [0, 0.1) is 0 Å². The summed E-state index contributed by atoms with van der Waals surface area (Å²) in [7, 11) is 0. The van der Waals surface area contributed by atoms with Crippen LogP contribution in [0.4, 0.5) is 24.9 Å². The fraction of sp³-hybridized carbons (Fsp3) is 0.722. The molecule has 0 spiro atoms. The quantitative estimate of drug-likeness (QED) is 0.728. The monoisotopic (exact) mass is 401 g/mol. The summed E-state index contributed by atoms with van der Waals surface area (Å²) in [6.45, 7) is 2.70. The Hall–Kier alpha value is -1.64. The molecule has 1 aromatic rings. The standard InChI is InChI=1S/C18H26F3N5S/c1-12-7-5-6-10-26(12)15-11-14(18(19,20)21)23-16(24-15)25-17(27)22-13-8-3-2-4-9-13/h11-13H,2-10H2,1H3,(H2,22,23,24,25,27)/t12-/m1/s1. The lowest BCUT2D eigenvalue weighted by Crippen LogP contribution is -2.40. The first-order valence-corrected chi connectivity index (χ1v) is 10.0. The van der Waals surface area contributed by atoms with Gasteiger partial charge in [-0.15, -0.1) is 0 Å². The molecule has 2 heterocycles. The van der Waals surface area contributed by atoms with Crippen molar-refractivity contribution in [1.29, 1.82) is 0 Å². The number of anilines is 2. The molecule has 0 unspecified atom stereocenters. The van der Waals surface area contributed by atoms with Crippen LogP contribution in [0.1, 0.15) is 64.0 Å². The third-order valence-electron chi connectivity index (χ3n) is 5.27. The average Bonchev–Trinajstić information content (AvgIpc) is 2.62. The van der Waals surface area contributed by atoms with Gasteiger partial charge in [0.2, 0.25) is 5.95 Å². The number of alkyl halides is 3. The molecule has 2 aliphatic rings. The maximum absolute atomic E-state index is 13.3. The lowest BCUT2D eigenvalue weighted by Gasteiger charge is -2.34. The van der Waals surface area contributed by atoms with E-state index in [1.165, 1.54) is 6.42 Å². The van der Waals surface area contributed by atoms with E-state index >= 15 is 0 Å². The summed E-state index contributed by atoms with van der Waals surface area (Å²) in [6.07, 6.45) is 3.95. The van der Waals surface area contributed by atoms with Gasteiger partial charge in [0, 0.05) is 24.7 Å². The van der Waals surface area contributed by atoms with E-state index in [0.717, 1.165) is 51.0 Å². The Morgan fingerprint density at radius 2 is 1.81 bits per heavy atom. The summed E-state index contributed by atoms with van der Waals surface area (Å²) in [5.41, 5.74) is -0.951. The fourth-order valence-electron chi connectivity index (χ4n) is 3.79. The first-order valence-electron chi connectivity index (χ1n) is 9.63. The molecule has 0 amide bonds. The van der Waals surface area contributed by atoms with Crippen LogP contribution in [-0.4, -0.2) is 33.7 Å². The highest BCUT2D eigenvalue weighted by atomic mass is 32.1. The van der Waals surface area contributed by atoms with Gasteiger partial charge >= 0.3 is 6.18 Å². The smallest absolute Gasteiger partial charge is 0.360 e. The van der Waals surface area contributed by atoms with E-state index < -0.39 is 11.9 Å². The van der Waals surface area contributed by atoms with Crippen molar-refractivity contribution in [3.05, 3.63) is 11.8 Å². The molecule has 27 heavy (non-hydrogen) atoms. The number of rotatable bonds is 3. The Labute approximate surface area is 163 Å². The molecule has 1 saturated carbocycles. The van der Waals surface area contributed by atoms with Gasteiger partial charge in [-0.05, 0) is 51.2 Å². The van der Waals surface area contributed by atoms with E-state index in [2.05, 4.69) is 20.6 Å². The molecule has 2 N–H and O–H groups in total. The number of thiocarbonyl (C=S) groups is 1. The molecular weight excluding hydrogens is 375 g/mol. The molecule has 1 saturated heterocycles. The van der Waals surface area contributed by atoms with Crippen LogP contribution in [0.25, 0.3) is 0 Å². The summed E-state index contributed by atoms with van der Waals surface area (Å²) < 4.78 is 40.0. The molecule has 5 nitrogen and oxygen atoms in total. The second-order valence-corrected chi connectivity index (χ2v) is 7.81. The van der Waals surface area contributed by atoms with Crippen molar-refractivity contribution in [1.82, 2.24) is 15.3 Å². The molecule has 1 aliphatic heterocycles. The Morgan fingerprint density at radius 3 is 2.48 bits per heavy atom. The highest BCUT2D eigenvalue weighted by Gasteiger charge is 2.35. The van der Waals surface area contributed by atoms with Crippen molar-refractivity contribution >= 4 is 29.1 Å². The van der Waals surface area contributed by atoms with E-state index in [1.807, 2.05) is 11.8 Å². The molecule has 150 valence electrons. The van der Waals surface area contributed by atoms with Gasteiger partial charge in [0.15, 0.2) is 10.8 Å². The first kappa shape index (κ1) is 20.1. The van der Waals surface area contributed by atoms with Gasteiger partial charge in [-0.2, -0.15) is 18.2 Å². The third-order valence-corrected chi connectivity index (χ3v) is 5.49. The zero-order valence-corrected chi connectivity index (χ0v) is 16.3. The van der Waals surface area contributed by atoms with Crippen LogP contribution >= 0.6 is 12.2 Å². The Kier molecular flexibility index (Phi) is 6.39. The molecule has 0 aromatic carbocycles. The van der Waals surface area contributed by atoms with Gasteiger partial charge in [0.1, 0.15) is 5.82 Å². The minimum absolute atomic E-state index is 0.106. The number of aromatic nitrogens is 2. The van der Waals surface area contributed by atoms with Gasteiger partial charge in [-0.3, -0.25) is 0 Å². The summed E-state index contributed by atoms with van der Waals surface area (Å²) in [5, 5.41) is 6.22. The van der Waals surface area contributed by atoms with Gasteiger partial charge in [-0.1, -0.05) is 19.3 Å². The number of nitrogens with zero attached hydrogens (tertiary/aromatic N) is 3. The normalized spacial score (nSPS) is 21.8. The minimum atomic E-state index is -4.54. The summed E-state index contributed by atoms with van der Waals surface area (Å²) in [5.74, 6) is 0.193. The van der Waals surface area contributed by atoms with E-state index in [9.17, 15) is 13.2 Å². The maximum Gasteiger partial charge on any atom is 0.433 e. The largest absolute Gasteiger partial charge is 0.433 e. The number of nitrogens with one attached hydrogen (secondary N) is 2. The van der Waals surface area contributed by atoms with Crippen LogP contribution in [0.5, 0.6) is 0 Å². The van der Waals surface area contributed by atoms with Gasteiger partial charge in [0.25, 0.3) is 0 Å². The topological polar surface area (TPSA) is 53.1 Å². The molecule has 2 fully saturated rings. The van der Waals surface area contributed by atoms with E-state index in [0.29, 0.717) is 12.4 Å². The Balaban J connectivity index is 1.78. The Bertz CT molecular complexity index is 661. The van der Waals surface area contributed by atoms with Crippen LogP contribution in [0.3, 0.4) is 0 Å². The SMILES string of the molecule is C[C@@H]1CCCCN1c1cc(C(F)(F)F)nc(NC(=S)NC2CCCCC2)n1. The highest BCUT2D eigenvalue weighted by molar-refractivity contribution is 7.80. The highest BCUT2D eigenvalue weighted by Crippen LogP contribution is 2.32. The lowest BCUT2D eigenvalue weighted by atomic mass is 9.96. The zero-order valence-electron chi connectivity index (χ0n) is 15.5. The van der Waals surface area contributed by atoms with Crippen LogP contribution < -0.4 is 15.5 Å². The molecule has 0 radical (unpaired) electrons. The van der Waals surface area contributed by atoms with Gasteiger partial charge in [-0.25, -0.2) is 4.98 Å². The summed E-state index contributed by atoms with van der Waals surface area (Å²) in [6, 6.07) is 1.44. The summed E-state index contributed by atoms with van der Waals surface area (Å²) in [4.78, 5) is 9.91. The second kappa shape index (κ2) is 8.58. The maximum atomic E-state index is 13.3. The van der Waals surface area contributed by atoms with Gasteiger partial charge < -0.3 is 15.5 Å². The van der Waals surface area contributed by atoms with Crippen molar-refractivity contribution in [3.8, 4) is 0 Å². The van der Waals surface area contributed by atoms with Crippen LogP contribution in [-0.2, 0) is 6.18 Å². The fourth-order valence-corrected chi connectivity index (χ4v) is 4.05.